The Hall–Kier alpha value is -3.12. The van der Waals surface area contributed by atoms with Gasteiger partial charge >= 0.3 is 6.09 Å². The van der Waals surface area contributed by atoms with E-state index in [-0.39, 0.29) is 12.1 Å². The van der Waals surface area contributed by atoms with Gasteiger partial charge in [-0.05, 0) is 42.8 Å². The van der Waals surface area contributed by atoms with Crippen LogP contribution in [0.15, 0.2) is 65.5 Å². The molecule has 1 heterocycles. The smallest absolute Gasteiger partial charge is 0.411 e. The van der Waals surface area contributed by atoms with Crippen molar-refractivity contribution < 1.29 is 9.53 Å². The second kappa shape index (κ2) is 8.51. The highest BCUT2D eigenvalue weighted by molar-refractivity contribution is 6.30. The van der Waals surface area contributed by atoms with Crippen LogP contribution in [-0.4, -0.2) is 22.5 Å². The highest BCUT2D eigenvalue weighted by Crippen LogP contribution is 2.20. The number of hydrogen-bond acceptors (Lipinski definition) is 4. The van der Waals surface area contributed by atoms with E-state index in [1.165, 1.54) is 10.7 Å². The van der Waals surface area contributed by atoms with Crippen LogP contribution < -0.4 is 10.9 Å². The molecule has 138 valence electrons. The number of ether oxygens (including phenoxy) is 1. The molecule has 1 amide bonds. The second-order valence-corrected chi connectivity index (χ2v) is 6.21. The largest absolute Gasteiger partial charge is 0.450 e. The van der Waals surface area contributed by atoms with Crippen molar-refractivity contribution in [2.45, 2.75) is 13.5 Å². The van der Waals surface area contributed by atoms with Crippen molar-refractivity contribution >= 4 is 23.4 Å². The van der Waals surface area contributed by atoms with Crippen LogP contribution in [0, 0.1) is 0 Å². The Morgan fingerprint density at radius 3 is 2.74 bits per heavy atom. The molecule has 0 atom stereocenters. The molecule has 0 aliphatic rings. The number of nitrogens with one attached hydrogen (secondary N) is 1. The van der Waals surface area contributed by atoms with Gasteiger partial charge in [0.05, 0.1) is 18.8 Å². The van der Waals surface area contributed by atoms with Gasteiger partial charge in [0.25, 0.3) is 5.56 Å². The Morgan fingerprint density at radius 1 is 1.15 bits per heavy atom. The molecule has 0 bridgehead atoms. The quantitative estimate of drug-likeness (QED) is 0.717. The molecule has 6 nitrogen and oxygen atoms in total. The van der Waals surface area contributed by atoms with Crippen LogP contribution in [0.2, 0.25) is 5.02 Å². The molecule has 0 saturated heterocycles. The Morgan fingerprint density at radius 2 is 1.96 bits per heavy atom. The first-order chi connectivity index (χ1) is 13.0. The molecule has 3 rings (SSSR count). The van der Waals surface area contributed by atoms with Crippen LogP contribution in [0.3, 0.4) is 0 Å². The summed E-state index contributed by atoms with van der Waals surface area (Å²) in [5.74, 6) is 0. The number of halogens is 1. The fourth-order valence-corrected chi connectivity index (χ4v) is 2.76. The molecule has 3 aromatic rings. The summed E-state index contributed by atoms with van der Waals surface area (Å²) in [7, 11) is 0. The SMILES string of the molecule is CCOC(=O)Nc1cccc(Cn2nc(-c3cccc(Cl)c3)ccc2=O)c1. The number of rotatable bonds is 5. The molecule has 0 saturated carbocycles. The van der Waals surface area contributed by atoms with E-state index in [4.69, 9.17) is 16.3 Å². The van der Waals surface area contributed by atoms with Crippen LogP contribution in [0.5, 0.6) is 0 Å². The van der Waals surface area contributed by atoms with Gasteiger partial charge in [-0.2, -0.15) is 5.10 Å². The number of aromatic nitrogens is 2. The van der Waals surface area contributed by atoms with Crippen molar-refractivity contribution in [3.63, 3.8) is 0 Å². The summed E-state index contributed by atoms with van der Waals surface area (Å²) < 4.78 is 6.24. The van der Waals surface area contributed by atoms with Crippen molar-refractivity contribution in [1.29, 1.82) is 0 Å². The summed E-state index contributed by atoms with van der Waals surface area (Å²) in [6.07, 6.45) is -0.520. The first-order valence-corrected chi connectivity index (χ1v) is 8.80. The molecule has 27 heavy (non-hydrogen) atoms. The molecule has 0 spiro atoms. The maximum absolute atomic E-state index is 12.2. The number of anilines is 1. The lowest BCUT2D eigenvalue weighted by molar-refractivity contribution is 0.168. The standard InChI is InChI=1S/C20H18ClN3O3/c1-2-27-20(26)22-17-8-3-5-14(11-17)13-24-19(25)10-9-18(23-24)15-6-4-7-16(21)12-15/h3-12H,2,13H2,1H3,(H,22,26). The molecule has 0 radical (unpaired) electrons. The molecule has 1 aromatic heterocycles. The highest BCUT2D eigenvalue weighted by atomic mass is 35.5. The van der Waals surface area contributed by atoms with E-state index in [1.54, 1.807) is 43.3 Å². The van der Waals surface area contributed by atoms with Crippen molar-refractivity contribution in [3.8, 4) is 11.3 Å². The van der Waals surface area contributed by atoms with E-state index in [0.29, 0.717) is 23.0 Å². The van der Waals surface area contributed by atoms with Gasteiger partial charge in [-0.25, -0.2) is 9.48 Å². The minimum atomic E-state index is -0.520. The number of carbonyl (C=O) groups is 1. The van der Waals surface area contributed by atoms with E-state index in [9.17, 15) is 9.59 Å². The maximum Gasteiger partial charge on any atom is 0.411 e. The summed E-state index contributed by atoms with van der Waals surface area (Å²) in [6.45, 7) is 2.30. The van der Waals surface area contributed by atoms with E-state index in [0.717, 1.165) is 11.1 Å². The summed E-state index contributed by atoms with van der Waals surface area (Å²) in [5.41, 5.74) is 2.67. The third-order valence-electron chi connectivity index (χ3n) is 3.77. The lowest BCUT2D eigenvalue weighted by Crippen LogP contribution is -2.23. The highest BCUT2D eigenvalue weighted by Gasteiger charge is 2.07. The zero-order valence-electron chi connectivity index (χ0n) is 14.7. The van der Waals surface area contributed by atoms with Gasteiger partial charge in [-0.1, -0.05) is 35.9 Å². The number of carbonyl (C=O) groups excluding carboxylic acids is 1. The number of amides is 1. The van der Waals surface area contributed by atoms with Crippen LogP contribution in [0.25, 0.3) is 11.3 Å². The van der Waals surface area contributed by atoms with Crippen molar-refractivity contribution in [1.82, 2.24) is 9.78 Å². The fourth-order valence-electron chi connectivity index (χ4n) is 2.57. The molecule has 7 heteroatoms. The third kappa shape index (κ3) is 4.95. The molecule has 0 aliphatic heterocycles. The van der Waals surface area contributed by atoms with Crippen molar-refractivity contribution in [2.24, 2.45) is 0 Å². The topological polar surface area (TPSA) is 73.2 Å². The summed E-state index contributed by atoms with van der Waals surface area (Å²) in [5, 5.41) is 7.68. The Kier molecular flexibility index (Phi) is 5.88. The minimum Gasteiger partial charge on any atom is -0.450 e. The molecule has 0 unspecified atom stereocenters. The molecular weight excluding hydrogens is 366 g/mol. The summed E-state index contributed by atoms with van der Waals surface area (Å²) in [4.78, 5) is 23.8. The third-order valence-corrected chi connectivity index (χ3v) is 4.00. The average molecular weight is 384 g/mol. The Labute approximate surface area is 161 Å². The van der Waals surface area contributed by atoms with Crippen LogP contribution in [0.1, 0.15) is 12.5 Å². The van der Waals surface area contributed by atoms with Crippen molar-refractivity contribution in [2.75, 3.05) is 11.9 Å². The average Bonchev–Trinajstić information content (AvgIpc) is 2.64. The number of hydrogen-bond donors (Lipinski definition) is 1. The number of nitrogens with zero attached hydrogens (tertiary/aromatic N) is 2. The monoisotopic (exact) mass is 383 g/mol. The zero-order valence-corrected chi connectivity index (χ0v) is 15.4. The molecule has 1 N–H and O–H groups in total. The molecule has 0 fully saturated rings. The lowest BCUT2D eigenvalue weighted by Gasteiger charge is -2.10. The maximum atomic E-state index is 12.2. The van der Waals surface area contributed by atoms with Crippen LogP contribution >= 0.6 is 11.6 Å². The van der Waals surface area contributed by atoms with Crippen molar-refractivity contribution in [3.05, 3.63) is 81.6 Å². The predicted molar refractivity (Wildman–Crippen MR) is 105 cm³/mol. The molecule has 2 aromatic carbocycles. The second-order valence-electron chi connectivity index (χ2n) is 5.77. The molecular formula is C20H18ClN3O3. The van der Waals surface area contributed by atoms with Crippen LogP contribution in [0.4, 0.5) is 10.5 Å². The van der Waals surface area contributed by atoms with E-state index < -0.39 is 6.09 Å². The summed E-state index contributed by atoms with van der Waals surface area (Å²) in [6, 6.07) is 17.6. The first kappa shape index (κ1) is 18.7. The van der Waals surface area contributed by atoms with Gasteiger partial charge in [0.1, 0.15) is 0 Å². The van der Waals surface area contributed by atoms with E-state index >= 15 is 0 Å². The van der Waals surface area contributed by atoms with E-state index in [1.807, 2.05) is 18.2 Å². The molecule has 0 aliphatic carbocycles. The fraction of sp³-hybridized carbons (Fsp3) is 0.150. The Bertz CT molecular complexity index is 1020. The lowest BCUT2D eigenvalue weighted by atomic mass is 10.1. The summed E-state index contributed by atoms with van der Waals surface area (Å²) >= 11 is 6.04. The van der Waals surface area contributed by atoms with Crippen LogP contribution in [-0.2, 0) is 11.3 Å². The predicted octanol–water partition coefficient (Wildman–Crippen LogP) is 4.18. The van der Waals surface area contributed by atoms with Gasteiger partial charge in [-0.15, -0.1) is 0 Å². The van der Waals surface area contributed by atoms with Gasteiger partial charge in [0.15, 0.2) is 0 Å². The number of benzene rings is 2. The minimum absolute atomic E-state index is 0.218. The normalized spacial score (nSPS) is 10.4. The van der Waals surface area contributed by atoms with Gasteiger partial charge in [0.2, 0.25) is 0 Å². The zero-order chi connectivity index (χ0) is 19.2. The Balaban J connectivity index is 1.84. The van der Waals surface area contributed by atoms with Gasteiger partial charge in [-0.3, -0.25) is 10.1 Å². The first-order valence-electron chi connectivity index (χ1n) is 8.42. The van der Waals surface area contributed by atoms with Gasteiger partial charge in [0, 0.05) is 22.3 Å². The van der Waals surface area contributed by atoms with Gasteiger partial charge < -0.3 is 4.74 Å². The van der Waals surface area contributed by atoms with E-state index in [2.05, 4.69) is 10.4 Å².